The number of nitrogens with zero attached hydrogens (tertiary/aromatic N) is 4. The van der Waals surface area contributed by atoms with Crippen LogP contribution in [0.4, 0.5) is 4.39 Å². The summed E-state index contributed by atoms with van der Waals surface area (Å²) >= 11 is 0. The Morgan fingerprint density at radius 3 is 3.00 bits per heavy atom. The summed E-state index contributed by atoms with van der Waals surface area (Å²) in [7, 11) is 0. The highest BCUT2D eigenvalue weighted by atomic mass is 19.1. The second-order valence-electron chi connectivity index (χ2n) is 8.41. The van der Waals surface area contributed by atoms with Gasteiger partial charge in [0.2, 0.25) is 0 Å². The van der Waals surface area contributed by atoms with Gasteiger partial charge >= 0.3 is 0 Å². The number of amides is 1. The van der Waals surface area contributed by atoms with E-state index in [1.807, 2.05) is 21.7 Å². The lowest BCUT2D eigenvalue weighted by atomic mass is 10.0. The summed E-state index contributed by atoms with van der Waals surface area (Å²) in [5.74, 6) is 0.329. The van der Waals surface area contributed by atoms with Gasteiger partial charge in [0.15, 0.2) is 5.65 Å². The summed E-state index contributed by atoms with van der Waals surface area (Å²) in [4.78, 5) is 23.9. The number of aromatic nitrogens is 3. The van der Waals surface area contributed by atoms with Crippen LogP contribution in [0.2, 0.25) is 0 Å². The van der Waals surface area contributed by atoms with E-state index in [-0.39, 0.29) is 24.2 Å². The molecule has 1 aliphatic rings. The zero-order chi connectivity index (χ0) is 23.3. The lowest BCUT2D eigenvalue weighted by Crippen LogP contribution is -2.36. The van der Waals surface area contributed by atoms with Crippen molar-refractivity contribution < 1.29 is 18.7 Å². The number of hydrogen-bond acceptors (Lipinski definition) is 5. The molecular formula is C26H25FN4O3. The van der Waals surface area contributed by atoms with E-state index in [0.29, 0.717) is 44.0 Å². The predicted molar refractivity (Wildman–Crippen MR) is 124 cm³/mol. The Labute approximate surface area is 196 Å². The maximum absolute atomic E-state index is 13.4. The third-order valence-corrected chi connectivity index (χ3v) is 5.83. The van der Waals surface area contributed by atoms with Crippen LogP contribution in [0.5, 0.6) is 5.75 Å². The molecule has 0 unspecified atom stereocenters. The smallest absolute Gasteiger partial charge is 0.254 e. The molecule has 7 nitrogen and oxygen atoms in total. The van der Waals surface area contributed by atoms with Gasteiger partial charge in [-0.1, -0.05) is 18.2 Å². The zero-order valence-corrected chi connectivity index (χ0v) is 18.6. The molecule has 1 saturated heterocycles. The second kappa shape index (κ2) is 10.0. The van der Waals surface area contributed by atoms with Crippen LogP contribution in [0.15, 0.2) is 73.3 Å². The van der Waals surface area contributed by atoms with Crippen molar-refractivity contribution in [2.24, 2.45) is 5.92 Å². The van der Waals surface area contributed by atoms with Crippen molar-refractivity contribution in [1.29, 1.82) is 0 Å². The Balaban J connectivity index is 1.25. The van der Waals surface area contributed by atoms with Crippen LogP contribution >= 0.6 is 0 Å². The lowest BCUT2D eigenvalue weighted by molar-refractivity contribution is 0.0736. The molecule has 0 aliphatic carbocycles. The fourth-order valence-corrected chi connectivity index (χ4v) is 4.15. The van der Waals surface area contributed by atoms with E-state index >= 15 is 0 Å². The molecule has 5 rings (SSSR count). The second-order valence-corrected chi connectivity index (χ2v) is 8.41. The van der Waals surface area contributed by atoms with Crippen molar-refractivity contribution in [3.8, 4) is 5.75 Å². The number of benzene rings is 2. The van der Waals surface area contributed by atoms with Crippen molar-refractivity contribution in [3.63, 3.8) is 0 Å². The Morgan fingerprint density at radius 1 is 1.18 bits per heavy atom. The van der Waals surface area contributed by atoms with Crippen LogP contribution in [-0.4, -0.2) is 51.5 Å². The number of hydrogen-bond donors (Lipinski definition) is 0. The summed E-state index contributed by atoms with van der Waals surface area (Å²) in [5.41, 5.74) is 3.01. The van der Waals surface area contributed by atoms with Gasteiger partial charge in [-0.05, 0) is 42.3 Å². The Bertz CT molecular complexity index is 1290. The zero-order valence-electron chi connectivity index (χ0n) is 18.6. The number of imidazole rings is 1. The highest BCUT2D eigenvalue weighted by molar-refractivity contribution is 5.94. The van der Waals surface area contributed by atoms with Crippen LogP contribution in [0.25, 0.3) is 5.65 Å². The molecule has 0 saturated carbocycles. The standard InChI is InChI=1S/C26H25FN4O3/c27-22-5-1-3-19(11-22)18-34-24-6-2-4-21(13-24)26(32)31-9-10-33-17-20(15-31)12-23-16-30-8-7-28-25(30)14-29-23/h1-8,11,13-14,16,20H,9-10,12,15,17-18H2/t20-/m1/s1. The van der Waals surface area contributed by atoms with E-state index in [2.05, 4.69) is 9.97 Å². The first kappa shape index (κ1) is 22.0. The molecule has 0 bridgehead atoms. The van der Waals surface area contributed by atoms with Crippen LogP contribution in [-0.2, 0) is 17.8 Å². The van der Waals surface area contributed by atoms with E-state index in [4.69, 9.17) is 9.47 Å². The number of carbonyl (C=O) groups is 1. The molecule has 8 heteroatoms. The lowest BCUT2D eigenvalue weighted by Gasteiger charge is -2.24. The summed E-state index contributed by atoms with van der Waals surface area (Å²) in [5, 5.41) is 0. The normalized spacial score (nSPS) is 16.4. The predicted octanol–water partition coefficient (Wildman–Crippen LogP) is 3.78. The first-order valence-electron chi connectivity index (χ1n) is 11.3. The molecule has 2 aromatic carbocycles. The number of carbonyl (C=O) groups excluding carboxylic acids is 1. The molecule has 1 aliphatic heterocycles. The van der Waals surface area contributed by atoms with Crippen molar-refractivity contribution in [1.82, 2.24) is 19.3 Å². The molecule has 0 radical (unpaired) electrons. The van der Waals surface area contributed by atoms with Gasteiger partial charge in [-0.25, -0.2) is 9.37 Å². The highest BCUT2D eigenvalue weighted by Gasteiger charge is 2.24. The summed E-state index contributed by atoms with van der Waals surface area (Å²) in [6.45, 7) is 2.40. The molecule has 1 amide bonds. The quantitative estimate of drug-likeness (QED) is 0.438. The summed E-state index contributed by atoms with van der Waals surface area (Å²) in [6, 6.07) is 13.4. The molecule has 34 heavy (non-hydrogen) atoms. The summed E-state index contributed by atoms with van der Waals surface area (Å²) in [6.07, 6.45) is 8.06. The van der Waals surface area contributed by atoms with E-state index in [1.54, 1.807) is 48.8 Å². The fourth-order valence-electron chi connectivity index (χ4n) is 4.15. The van der Waals surface area contributed by atoms with Crippen LogP contribution in [0.3, 0.4) is 0 Å². The third-order valence-electron chi connectivity index (χ3n) is 5.83. The van der Waals surface area contributed by atoms with Gasteiger partial charge in [-0.15, -0.1) is 0 Å². The average molecular weight is 461 g/mol. The van der Waals surface area contributed by atoms with E-state index in [0.717, 1.165) is 16.9 Å². The molecule has 174 valence electrons. The Kier molecular flexibility index (Phi) is 6.49. The number of rotatable bonds is 6. The van der Waals surface area contributed by atoms with E-state index in [1.165, 1.54) is 12.1 Å². The molecule has 2 aromatic heterocycles. The first-order chi connectivity index (χ1) is 16.6. The van der Waals surface area contributed by atoms with Crippen molar-refractivity contribution in [3.05, 3.63) is 96.0 Å². The van der Waals surface area contributed by atoms with Gasteiger partial charge in [0, 0.05) is 43.2 Å². The monoisotopic (exact) mass is 460 g/mol. The molecule has 1 fully saturated rings. The van der Waals surface area contributed by atoms with Crippen molar-refractivity contribution in [2.75, 3.05) is 26.3 Å². The largest absolute Gasteiger partial charge is 0.489 e. The van der Waals surface area contributed by atoms with Gasteiger partial charge in [0.05, 0.1) is 25.1 Å². The fraction of sp³-hybridized carbons (Fsp3) is 0.269. The van der Waals surface area contributed by atoms with E-state index < -0.39 is 0 Å². The van der Waals surface area contributed by atoms with Gasteiger partial charge in [-0.3, -0.25) is 9.78 Å². The molecule has 1 atom stereocenters. The minimum absolute atomic E-state index is 0.0651. The third kappa shape index (κ3) is 5.23. The van der Waals surface area contributed by atoms with Gasteiger partial charge in [0.1, 0.15) is 18.2 Å². The molecular weight excluding hydrogens is 435 g/mol. The SMILES string of the molecule is O=C(c1cccc(OCc2cccc(F)c2)c1)N1CCOC[C@H](Cc2cn3ccnc3cn2)C1. The summed E-state index contributed by atoms with van der Waals surface area (Å²) < 4.78 is 26.9. The van der Waals surface area contributed by atoms with Crippen molar-refractivity contribution in [2.45, 2.75) is 13.0 Å². The first-order valence-corrected chi connectivity index (χ1v) is 11.3. The molecule has 3 heterocycles. The topological polar surface area (TPSA) is 69.0 Å². The van der Waals surface area contributed by atoms with Crippen LogP contribution in [0, 0.1) is 11.7 Å². The van der Waals surface area contributed by atoms with E-state index in [9.17, 15) is 9.18 Å². The molecule has 4 aromatic rings. The number of halogens is 1. The highest BCUT2D eigenvalue weighted by Crippen LogP contribution is 2.20. The van der Waals surface area contributed by atoms with Crippen LogP contribution in [0.1, 0.15) is 21.6 Å². The van der Waals surface area contributed by atoms with Gasteiger partial charge < -0.3 is 18.8 Å². The van der Waals surface area contributed by atoms with Crippen LogP contribution < -0.4 is 4.74 Å². The van der Waals surface area contributed by atoms with Crippen molar-refractivity contribution >= 4 is 11.6 Å². The number of ether oxygens (including phenoxy) is 2. The number of fused-ring (bicyclic) bond motifs is 1. The van der Waals surface area contributed by atoms with Gasteiger partial charge in [0.25, 0.3) is 5.91 Å². The average Bonchev–Trinajstić information content (AvgIpc) is 3.20. The minimum atomic E-state index is -0.303. The van der Waals surface area contributed by atoms with Gasteiger partial charge in [-0.2, -0.15) is 0 Å². The Morgan fingerprint density at radius 2 is 2.09 bits per heavy atom. The Hall–Kier alpha value is -3.78. The molecule has 0 N–H and O–H groups in total. The maximum atomic E-state index is 13.4. The molecule has 0 spiro atoms. The minimum Gasteiger partial charge on any atom is -0.489 e. The maximum Gasteiger partial charge on any atom is 0.254 e.